The summed E-state index contributed by atoms with van der Waals surface area (Å²) in [6.45, 7) is 1.79. The van der Waals surface area contributed by atoms with Crippen LogP contribution in [-0.2, 0) is 14.3 Å². The fourth-order valence-electron chi connectivity index (χ4n) is 1.37. The Bertz CT molecular complexity index is 240. The van der Waals surface area contributed by atoms with Gasteiger partial charge in [0.25, 0.3) is 5.91 Å². The van der Waals surface area contributed by atoms with Gasteiger partial charge in [-0.2, -0.15) is 0 Å². The van der Waals surface area contributed by atoms with Crippen LogP contribution in [-0.4, -0.2) is 37.4 Å². The van der Waals surface area contributed by atoms with Crippen molar-refractivity contribution in [3.05, 3.63) is 12.0 Å². The number of carbonyl (C=O) groups excluding carboxylic acids is 1. The van der Waals surface area contributed by atoms with Gasteiger partial charge in [-0.15, -0.1) is 0 Å². The minimum atomic E-state index is -0.221. The minimum absolute atomic E-state index is 0.221. The van der Waals surface area contributed by atoms with Crippen molar-refractivity contribution in [2.45, 2.75) is 25.7 Å². The Balaban J connectivity index is 2.04. The van der Waals surface area contributed by atoms with Crippen molar-refractivity contribution in [1.29, 1.82) is 0 Å². The summed E-state index contributed by atoms with van der Waals surface area (Å²) in [4.78, 5) is 11.5. The molecule has 5 heteroatoms. The lowest BCUT2D eigenvalue weighted by Crippen LogP contribution is -2.29. The molecular weight excluding hydrogens is 210 g/mol. The Morgan fingerprint density at radius 2 is 2.12 bits per heavy atom. The van der Waals surface area contributed by atoms with Crippen molar-refractivity contribution in [3.8, 4) is 0 Å². The molecule has 0 fully saturated rings. The molecule has 0 atom stereocenters. The Hall–Kier alpha value is -1.23. The lowest BCUT2D eigenvalue weighted by molar-refractivity contribution is -0.122. The summed E-state index contributed by atoms with van der Waals surface area (Å²) in [5.41, 5.74) is 0. The molecule has 16 heavy (non-hydrogen) atoms. The van der Waals surface area contributed by atoms with Crippen LogP contribution < -0.4 is 5.32 Å². The first-order valence-electron chi connectivity index (χ1n) is 5.68. The minimum Gasteiger partial charge on any atom is -0.494 e. The van der Waals surface area contributed by atoms with E-state index >= 15 is 0 Å². The number of hydrogen-bond donors (Lipinski definition) is 2. The van der Waals surface area contributed by atoms with Gasteiger partial charge in [-0.3, -0.25) is 4.79 Å². The molecule has 1 aliphatic rings. The number of aliphatic hydroxyl groups excluding tert-OH is 1. The molecule has 0 spiro atoms. The Morgan fingerprint density at radius 1 is 1.31 bits per heavy atom. The maximum atomic E-state index is 11.5. The van der Waals surface area contributed by atoms with Crippen molar-refractivity contribution in [1.82, 2.24) is 5.32 Å². The maximum absolute atomic E-state index is 11.5. The average molecular weight is 229 g/mol. The molecule has 0 saturated heterocycles. The molecule has 1 amide bonds. The standard InChI is InChI=1S/C11H19NO4/c13-6-4-2-1-3-5-12-11(14)10-9-15-7-8-16-10/h9,13H,1-8H2,(H,12,14). The first-order valence-corrected chi connectivity index (χ1v) is 5.68. The second-order valence-corrected chi connectivity index (χ2v) is 3.60. The predicted octanol–water partition coefficient (Wildman–Crippen LogP) is 0.543. The topological polar surface area (TPSA) is 67.8 Å². The zero-order valence-corrected chi connectivity index (χ0v) is 9.41. The van der Waals surface area contributed by atoms with Crippen molar-refractivity contribution >= 4 is 5.91 Å². The zero-order chi connectivity index (χ0) is 11.6. The van der Waals surface area contributed by atoms with E-state index in [1.165, 1.54) is 6.26 Å². The van der Waals surface area contributed by atoms with Gasteiger partial charge in [-0.05, 0) is 12.8 Å². The molecule has 0 unspecified atom stereocenters. The predicted molar refractivity (Wildman–Crippen MR) is 58.6 cm³/mol. The fourth-order valence-corrected chi connectivity index (χ4v) is 1.37. The number of carbonyl (C=O) groups is 1. The zero-order valence-electron chi connectivity index (χ0n) is 9.41. The first kappa shape index (κ1) is 12.8. The molecule has 0 aromatic heterocycles. The van der Waals surface area contributed by atoms with E-state index in [-0.39, 0.29) is 18.3 Å². The summed E-state index contributed by atoms with van der Waals surface area (Å²) in [5.74, 6) is 0.0310. The molecule has 1 heterocycles. The number of aliphatic hydroxyl groups is 1. The highest BCUT2D eigenvalue weighted by molar-refractivity contribution is 5.91. The van der Waals surface area contributed by atoms with Crippen LogP contribution in [0.3, 0.4) is 0 Å². The number of amides is 1. The van der Waals surface area contributed by atoms with Crippen molar-refractivity contribution < 1.29 is 19.4 Å². The third kappa shape index (κ3) is 5.02. The summed E-state index contributed by atoms with van der Waals surface area (Å²) >= 11 is 0. The van der Waals surface area contributed by atoms with Crippen LogP contribution >= 0.6 is 0 Å². The summed E-state index contributed by atoms with van der Waals surface area (Å²) in [6, 6.07) is 0. The van der Waals surface area contributed by atoms with Gasteiger partial charge < -0.3 is 19.9 Å². The highest BCUT2D eigenvalue weighted by Crippen LogP contribution is 2.04. The van der Waals surface area contributed by atoms with E-state index in [1.807, 2.05) is 0 Å². The molecule has 0 bridgehead atoms. The van der Waals surface area contributed by atoms with Crippen molar-refractivity contribution in [2.24, 2.45) is 0 Å². The Kier molecular flexibility index (Phi) is 6.41. The van der Waals surface area contributed by atoms with E-state index in [0.717, 1.165) is 25.7 Å². The molecule has 0 saturated carbocycles. The molecular formula is C11H19NO4. The van der Waals surface area contributed by atoms with Crippen LogP contribution in [0.1, 0.15) is 25.7 Å². The van der Waals surface area contributed by atoms with E-state index < -0.39 is 0 Å². The van der Waals surface area contributed by atoms with Crippen LogP contribution in [0.5, 0.6) is 0 Å². The lowest BCUT2D eigenvalue weighted by atomic mass is 10.2. The van der Waals surface area contributed by atoms with Gasteiger partial charge in [0.1, 0.15) is 19.5 Å². The second kappa shape index (κ2) is 7.98. The number of unbranched alkanes of at least 4 members (excludes halogenated alkanes) is 3. The second-order valence-electron chi connectivity index (χ2n) is 3.60. The molecule has 2 N–H and O–H groups in total. The summed E-state index contributed by atoms with van der Waals surface area (Å²) in [7, 11) is 0. The maximum Gasteiger partial charge on any atom is 0.289 e. The molecule has 1 aliphatic heterocycles. The molecule has 0 aromatic rings. The van der Waals surface area contributed by atoms with Gasteiger partial charge in [0.2, 0.25) is 5.76 Å². The van der Waals surface area contributed by atoms with Gasteiger partial charge in [0.05, 0.1) is 0 Å². The van der Waals surface area contributed by atoms with Gasteiger partial charge in [-0.1, -0.05) is 12.8 Å². The van der Waals surface area contributed by atoms with E-state index in [0.29, 0.717) is 19.8 Å². The van der Waals surface area contributed by atoms with E-state index in [2.05, 4.69) is 5.32 Å². The largest absolute Gasteiger partial charge is 0.494 e. The van der Waals surface area contributed by atoms with Crippen LogP contribution in [0.4, 0.5) is 0 Å². The van der Waals surface area contributed by atoms with Gasteiger partial charge in [-0.25, -0.2) is 0 Å². The SMILES string of the molecule is O=C(NCCCCCCO)C1=COCCO1. The van der Waals surface area contributed by atoms with Crippen molar-refractivity contribution in [2.75, 3.05) is 26.4 Å². The average Bonchev–Trinajstić information content (AvgIpc) is 2.34. The van der Waals surface area contributed by atoms with Gasteiger partial charge in [0, 0.05) is 13.2 Å². The monoisotopic (exact) mass is 229 g/mol. The van der Waals surface area contributed by atoms with Crippen LogP contribution in [0.15, 0.2) is 12.0 Å². The number of ether oxygens (including phenoxy) is 2. The van der Waals surface area contributed by atoms with Crippen molar-refractivity contribution in [3.63, 3.8) is 0 Å². The molecule has 0 radical (unpaired) electrons. The summed E-state index contributed by atoms with van der Waals surface area (Å²) < 4.78 is 10.1. The van der Waals surface area contributed by atoms with Gasteiger partial charge in [0.15, 0.2) is 0 Å². The number of rotatable bonds is 7. The van der Waals surface area contributed by atoms with Crippen LogP contribution in [0.2, 0.25) is 0 Å². The molecule has 0 aliphatic carbocycles. The number of nitrogens with one attached hydrogen (secondary N) is 1. The molecule has 1 rings (SSSR count). The molecule has 92 valence electrons. The fraction of sp³-hybridized carbons (Fsp3) is 0.727. The highest BCUT2D eigenvalue weighted by atomic mass is 16.6. The highest BCUT2D eigenvalue weighted by Gasteiger charge is 2.13. The third-order valence-electron chi connectivity index (χ3n) is 2.24. The number of hydrogen-bond acceptors (Lipinski definition) is 4. The van der Waals surface area contributed by atoms with Gasteiger partial charge >= 0.3 is 0 Å². The lowest BCUT2D eigenvalue weighted by Gasteiger charge is -2.14. The Labute approximate surface area is 95.4 Å². The molecule has 0 aromatic carbocycles. The normalized spacial score (nSPS) is 14.7. The summed E-state index contributed by atoms with van der Waals surface area (Å²) in [6.07, 6.45) is 5.10. The Morgan fingerprint density at radius 3 is 2.81 bits per heavy atom. The summed E-state index contributed by atoms with van der Waals surface area (Å²) in [5, 5.41) is 11.3. The van der Waals surface area contributed by atoms with E-state index in [1.54, 1.807) is 0 Å². The smallest absolute Gasteiger partial charge is 0.289 e. The van der Waals surface area contributed by atoms with E-state index in [9.17, 15) is 4.79 Å². The molecule has 5 nitrogen and oxygen atoms in total. The van der Waals surface area contributed by atoms with Crippen LogP contribution in [0.25, 0.3) is 0 Å². The van der Waals surface area contributed by atoms with Crippen LogP contribution in [0, 0.1) is 0 Å². The third-order valence-corrected chi connectivity index (χ3v) is 2.24. The quantitative estimate of drug-likeness (QED) is 0.625. The first-order chi connectivity index (χ1) is 7.84. The van der Waals surface area contributed by atoms with E-state index in [4.69, 9.17) is 14.6 Å².